The molecule has 2 heterocycles. The van der Waals surface area contributed by atoms with Gasteiger partial charge in [0.05, 0.1) is 12.3 Å². The fourth-order valence-electron chi connectivity index (χ4n) is 2.15. The van der Waals surface area contributed by atoms with Crippen molar-refractivity contribution >= 4 is 11.3 Å². The van der Waals surface area contributed by atoms with E-state index in [9.17, 15) is 0 Å². The first-order valence-electron chi connectivity index (χ1n) is 5.85. The van der Waals surface area contributed by atoms with Gasteiger partial charge >= 0.3 is 0 Å². The number of nitrogens with zero attached hydrogens (tertiary/aromatic N) is 2. The van der Waals surface area contributed by atoms with E-state index < -0.39 is 0 Å². The van der Waals surface area contributed by atoms with Crippen molar-refractivity contribution in [3.8, 4) is 0 Å². The molecular formula is C15H13N3. The lowest BCUT2D eigenvalue weighted by Crippen LogP contribution is -2.06. The van der Waals surface area contributed by atoms with Gasteiger partial charge in [0.25, 0.3) is 0 Å². The number of rotatable bonds is 2. The molecule has 3 heteroatoms. The van der Waals surface area contributed by atoms with Crippen LogP contribution in [0, 0.1) is 0 Å². The molecule has 2 aromatic rings. The molecule has 0 fully saturated rings. The molecule has 1 aromatic heterocycles. The fourth-order valence-corrected chi connectivity index (χ4v) is 2.15. The molecule has 1 aromatic carbocycles. The molecule has 1 aliphatic heterocycles. The molecule has 0 atom stereocenters. The van der Waals surface area contributed by atoms with E-state index in [4.69, 9.17) is 5.73 Å². The summed E-state index contributed by atoms with van der Waals surface area (Å²) in [5.74, 6) is 0. The van der Waals surface area contributed by atoms with Crippen LogP contribution >= 0.6 is 0 Å². The molecular weight excluding hydrogens is 222 g/mol. The van der Waals surface area contributed by atoms with Crippen LogP contribution in [-0.2, 0) is 0 Å². The third kappa shape index (κ3) is 1.80. The summed E-state index contributed by atoms with van der Waals surface area (Å²) in [6.45, 7) is 0.571. The van der Waals surface area contributed by atoms with E-state index in [0.717, 1.165) is 28.1 Å². The Bertz CT molecular complexity index is 613. The number of hydrogen-bond acceptors (Lipinski definition) is 3. The topological polar surface area (TPSA) is 51.3 Å². The van der Waals surface area contributed by atoms with Gasteiger partial charge in [-0.1, -0.05) is 30.3 Å². The second-order valence-corrected chi connectivity index (χ2v) is 4.17. The third-order valence-electron chi connectivity index (χ3n) is 2.98. The van der Waals surface area contributed by atoms with Crippen LogP contribution in [0.5, 0.6) is 0 Å². The van der Waals surface area contributed by atoms with Gasteiger partial charge in [-0.05, 0) is 17.7 Å². The van der Waals surface area contributed by atoms with E-state index in [1.54, 1.807) is 12.4 Å². The van der Waals surface area contributed by atoms with E-state index >= 15 is 0 Å². The van der Waals surface area contributed by atoms with Crippen molar-refractivity contribution in [2.24, 2.45) is 10.7 Å². The van der Waals surface area contributed by atoms with Crippen molar-refractivity contribution in [2.75, 3.05) is 6.54 Å². The smallest absolute Gasteiger partial charge is 0.0799 e. The number of nitrogens with two attached hydrogens (primary N) is 1. The first kappa shape index (κ1) is 10.7. The van der Waals surface area contributed by atoms with Crippen LogP contribution in [0.1, 0.15) is 11.1 Å². The highest BCUT2D eigenvalue weighted by Gasteiger charge is 2.20. The Labute approximate surface area is 106 Å². The lowest BCUT2D eigenvalue weighted by atomic mass is 9.96. The maximum atomic E-state index is 6.09. The zero-order chi connectivity index (χ0) is 12.4. The van der Waals surface area contributed by atoms with Gasteiger partial charge in [0.2, 0.25) is 0 Å². The number of hydrogen-bond donors (Lipinski definition) is 1. The minimum Gasteiger partial charge on any atom is -0.400 e. The molecule has 0 saturated heterocycles. The minimum absolute atomic E-state index is 0.571. The molecule has 0 saturated carbocycles. The fraction of sp³-hybridized carbons (Fsp3) is 0.0667. The molecule has 0 spiro atoms. The summed E-state index contributed by atoms with van der Waals surface area (Å²) in [5.41, 5.74) is 11.1. The van der Waals surface area contributed by atoms with Gasteiger partial charge in [-0.3, -0.25) is 9.98 Å². The summed E-state index contributed by atoms with van der Waals surface area (Å²) in [6.07, 6.45) is 3.55. The van der Waals surface area contributed by atoms with Gasteiger partial charge in [-0.25, -0.2) is 0 Å². The first-order valence-corrected chi connectivity index (χ1v) is 5.85. The normalized spacial score (nSPS) is 14.8. The maximum absolute atomic E-state index is 6.09. The Morgan fingerprint density at radius 2 is 1.61 bits per heavy atom. The summed E-state index contributed by atoms with van der Waals surface area (Å²) < 4.78 is 0. The number of benzene rings is 1. The van der Waals surface area contributed by atoms with E-state index in [1.807, 2.05) is 30.3 Å². The molecule has 0 aliphatic carbocycles. The SMILES string of the molecule is NC1=C(c2ccccc2)C(c2ccncc2)=NC1. The van der Waals surface area contributed by atoms with Crippen molar-refractivity contribution in [3.05, 3.63) is 71.7 Å². The van der Waals surface area contributed by atoms with E-state index in [-0.39, 0.29) is 0 Å². The summed E-state index contributed by atoms with van der Waals surface area (Å²) in [5, 5.41) is 0. The van der Waals surface area contributed by atoms with Crippen LogP contribution < -0.4 is 5.73 Å². The Kier molecular flexibility index (Phi) is 2.65. The predicted molar refractivity (Wildman–Crippen MR) is 73.2 cm³/mol. The molecule has 3 rings (SSSR count). The molecule has 18 heavy (non-hydrogen) atoms. The Morgan fingerprint density at radius 1 is 0.889 bits per heavy atom. The van der Waals surface area contributed by atoms with Crippen molar-refractivity contribution in [3.63, 3.8) is 0 Å². The van der Waals surface area contributed by atoms with E-state index in [2.05, 4.69) is 22.1 Å². The Hall–Kier alpha value is -2.42. The third-order valence-corrected chi connectivity index (χ3v) is 2.98. The monoisotopic (exact) mass is 235 g/mol. The van der Waals surface area contributed by atoms with Crippen LogP contribution in [0.2, 0.25) is 0 Å². The quantitative estimate of drug-likeness (QED) is 0.868. The molecule has 0 amide bonds. The van der Waals surface area contributed by atoms with Crippen molar-refractivity contribution in [1.82, 2.24) is 4.98 Å². The lowest BCUT2D eigenvalue weighted by Gasteiger charge is -2.08. The van der Waals surface area contributed by atoms with Gasteiger partial charge < -0.3 is 5.73 Å². The first-order chi connectivity index (χ1) is 8.86. The predicted octanol–water partition coefficient (Wildman–Crippen LogP) is 2.25. The van der Waals surface area contributed by atoms with Crippen LogP contribution in [0.25, 0.3) is 5.57 Å². The van der Waals surface area contributed by atoms with Crippen molar-refractivity contribution in [2.45, 2.75) is 0 Å². The molecule has 88 valence electrons. The Morgan fingerprint density at radius 3 is 2.33 bits per heavy atom. The summed E-state index contributed by atoms with van der Waals surface area (Å²) >= 11 is 0. The molecule has 1 aliphatic rings. The highest BCUT2D eigenvalue weighted by atomic mass is 14.8. The maximum Gasteiger partial charge on any atom is 0.0799 e. The lowest BCUT2D eigenvalue weighted by molar-refractivity contribution is 1.14. The molecule has 0 unspecified atom stereocenters. The van der Waals surface area contributed by atoms with Gasteiger partial charge in [0, 0.05) is 29.2 Å². The van der Waals surface area contributed by atoms with Gasteiger partial charge in [-0.15, -0.1) is 0 Å². The number of allylic oxidation sites excluding steroid dienone is 1. The second kappa shape index (κ2) is 4.45. The van der Waals surface area contributed by atoms with Crippen LogP contribution in [0.3, 0.4) is 0 Å². The second-order valence-electron chi connectivity index (χ2n) is 4.17. The molecule has 0 radical (unpaired) electrons. The summed E-state index contributed by atoms with van der Waals surface area (Å²) in [6, 6.07) is 14.1. The zero-order valence-electron chi connectivity index (χ0n) is 9.88. The van der Waals surface area contributed by atoms with Gasteiger partial charge in [0.1, 0.15) is 0 Å². The zero-order valence-corrected chi connectivity index (χ0v) is 9.88. The van der Waals surface area contributed by atoms with Gasteiger partial charge in [-0.2, -0.15) is 0 Å². The highest BCUT2D eigenvalue weighted by molar-refractivity contribution is 6.33. The van der Waals surface area contributed by atoms with Crippen molar-refractivity contribution < 1.29 is 0 Å². The van der Waals surface area contributed by atoms with Crippen LogP contribution in [0.15, 0.2) is 65.5 Å². The van der Waals surface area contributed by atoms with Crippen LogP contribution in [-0.4, -0.2) is 17.2 Å². The van der Waals surface area contributed by atoms with Crippen molar-refractivity contribution in [1.29, 1.82) is 0 Å². The molecule has 3 nitrogen and oxygen atoms in total. The highest BCUT2D eigenvalue weighted by Crippen LogP contribution is 2.26. The number of pyridine rings is 1. The average molecular weight is 235 g/mol. The standard InChI is InChI=1S/C15H13N3/c16-13-10-18-15(12-6-8-17-9-7-12)14(13)11-4-2-1-3-5-11/h1-9H,10,16H2. The molecule has 2 N–H and O–H groups in total. The minimum atomic E-state index is 0.571. The number of aromatic nitrogens is 1. The van der Waals surface area contributed by atoms with Gasteiger partial charge in [0.15, 0.2) is 0 Å². The Balaban J connectivity index is 2.08. The average Bonchev–Trinajstić information content (AvgIpc) is 2.83. The van der Waals surface area contributed by atoms with E-state index in [0.29, 0.717) is 6.54 Å². The molecule has 0 bridgehead atoms. The van der Waals surface area contributed by atoms with Crippen LogP contribution in [0.4, 0.5) is 0 Å². The number of aliphatic imine (C=N–C) groups is 1. The summed E-state index contributed by atoms with van der Waals surface area (Å²) in [4.78, 5) is 8.57. The van der Waals surface area contributed by atoms with E-state index in [1.165, 1.54) is 0 Å². The summed E-state index contributed by atoms with van der Waals surface area (Å²) in [7, 11) is 0. The largest absolute Gasteiger partial charge is 0.400 e.